The van der Waals surface area contributed by atoms with Crippen molar-refractivity contribution in [2.45, 2.75) is 32.0 Å². The highest BCUT2D eigenvalue weighted by atomic mass is 16.2. The van der Waals surface area contributed by atoms with Crippen LogP contribution in [0.2, 0.25) is 0 Å². The van der Waals surface area contributed by atoms with Crippen LogP contribution in [0.5, 0.6) is 0 Å². The molecule has 2 aliphatic heterocycles. The van der Waals surface area contributed by atoms with E-state index in [4.69, 9.17) is 5.26 Å². The molecule has 0 N–H and O–H groups in total. The number of nitriles is 1. The van der Waals surface area contributed by atoms with Crippen LogP contribution in [0.15, 0.2) is 48.5 Å². The number of likely N-dealkylation sites (tertiary alicyclic amines) is 1. The van der Waals surface area contributed by atoms with Crippen molar-refractivity contribution >= 4 is 5.91 Å². The van der Waals surface area contributed by atoms with Gasteiger partial charge in [0.1, 0.15) is 6.04 Å². The Labute approximate surface area is 141 Å². The van der Waals surface area contributed by atoms with Crippen LogP contribution >= 0.6 is 0 Å². The average molecular weight is 317 g/mol. The van der Waals surface area contributed by atoms with Crippen molar-refractivity contribution in [3.63, 3.8) is 0 Å². The highest BCUT2D eigenvalue weighted by Crippen LogP contribution is 2.30. The largest absolute Gasteiger partial charge is 0.332 e. The van der Waals surface area contributed by atoms with Gasteiger partial charge in [-0.15, -0.1) is 0 Å². The molecule has 4 nitrogen and oxygen atoms in total. The summed E-state index contributed by atoms with van der Waals surface area (Å²) in [7, 11) is 0. The molecular formula is C20H19N3O. The number of amides is 1. The Balaban J connectivity index is 1.54. The Kier molecular flexibility index (Phi) is 3.70. The monoisotopic (exact) mass is 317 g/mol. The summed E-state index contributed by atoms with van der Waals surface area (Å²) in [5.41, 5.74) is 4.80. The van der Waals surface area contributed by atoms with Gasteiger partial charge in [-0.2, -0.15) is 5.26 Å². The molecule has 1 fully saturated rings. The van der Waals surface area contributed by atoms with Crippen molar-refractivity contribution in [2.75, 3.05) is 6.54 Å². The maximum absolute atomic E-state index is 12.8. The molecular weight excluding hydrogens is 298 g/mol. The first kappa shape index (κ1) is 14.8. The van der Waals surface area contributed by atoms with Gasteiger partial charge in [-0.1, -0.05) is 42.5 Å². The van der Waals surface area contributed by atoms with Gasteiger partial charge in [-0.05, 0) is 41.2 Å². The van der Waals surface area contributed by atoms with E-state index in [9.17, 15) is 4.79 Å². The van der Waals surface area contributed by atoms with Crippen LogP contribution in [0.4, 0.5) is 0 Å². The number of nitrogens with zero attached hydrogens (tertiary/aromatic N) is 3. The van der Waals surface area contributed by atoms with Gasteiger partial charge in [-0.25, -0.2) is 0 Å². The van der Waals surface area contributed by atoms with E-state index < -0.39 is 0 Å². The zero-order valence-electron chi connectivity index (χ0n) is 13.5. The number of fused-ring (bicyclic) bond motifs is 1. The molecule has 4 rings (SSSR count). The predicted octanol–water partition coefficient (Wildman–Crippen LogP) is 3.14. The summed E-state index contributed by atoms with van der Waals surface area (Å²) in [5, 5.41) is 9.17. The van der Waals surface area contributed by atoms with E-state index in [-0.39, 0.29) is 11.9 Å². The van der Waals surface area contributed by atoms with E-state index in [1.54, 1.807) is 4.90 Å². The van der Waals surface area contributed by atoms with Gasteiger partial charge in [0.2, 0.25) is 5.91 Å². The number of hydrogen-bond acceptors (Lipinski definition) is 3. The number of carbonyl (C=O) groups is 1. The van der Waals surface area contributed by atoms with Gasteiger partial charge in [0.25, 0.3) is 0 Å². The SMILES string of the molecule is N#CN1CCC[C@H]1C(=O)N1Cc2ccc(-c3ccccc3)cc2C1. The van der Waals surface area contributed by atoms with E-state index in [0.717, 1.165) is 12.8 Å². The minimum Gasteiger partial charge on any atom is -0.332 e. The van der Waals surface area contributed by atoms with E-state index in [1.807, 2.05) is 23.1 Å². The van der Waals surface area contributed by atoms with Crippen molar-refractivity contribution in [3.05, 3.63) is 59.7 Å². The van der Waals surface area contributed by atoms with Gasteiger partial charge in [0, 0.05) is 19.6 Å². The van der Waals surface area contributed by atoms with Crippen molar-refractivity contribution < 1.29 is 4.79 Å². The Morgan fingerprint density at radius 1 is 1.04 bits per heavy atom. The standard InChI is InChI=1S/C20H19N3O/c21-14-22-10-4-7-19(22)20(24)23-12-17-9-8-16(11-18(17)13-23)15-5-2-1-3-6-15/h1-3,5-6,8-9,11,19H,4,7,10,12-13H2/t19-/m0/s1. The Hall–Kier alpha value is -2.80. The van der Waals surface area contributed by atoms with Gasteiger partial charge in [0.05, 0.1) is 0 Å². The summed E-state index contributed by atoms with van der Waals surface area (Å²) in [5.74, 6) is 0.0894. The third-order valence-electron chi connectivity index (χ3n) is 5.01. The summed E-state index contributed by atoms with van der Waals surface area (Å²) in [6.07, 6.45) is 3.86. The fourth-order valence-corrected chi connectivity index (χ4v) is 3.71. The van der Waals surface area contributed by atoms with Crippen LogP contribution in [0.3, 0.4) is 0 Å². The second-order valence-corrected chi connectivity index (χ2v) is 6.50. The van der Waals surface area contributed by atoms with Crippen LogP contribution in [0, 0.1) is 11.5 Å². The van der Waals surface area contributed by atoms with Crippen molar-refractivity contribution in [2.24, 2.45) is 0 Å². The fraction of sp³-hybridized carbons (Fsp3) is 0.300. The Bertz CT molecular complexity index is 809. The normalized spacial score (nSPS) is 19.2. The van der Waals surface area contributed by atoms with E-state index in [1.165, 1.54) is 22.3 Å². The predicted molar refractivity (Wildman–Crippen MR) is 91.5 cm³/mol. The first-order valence-corrected chi connectivity index (χ1v) is 8.38. The zero-order valence-corrected chi connectivity index (χ0v) is 13.5. The molecule has 0 saturated carbocycles. The number of benzene rings is 2. The molecule has 0 aromatic heterocycles. The summed E-state index contributed by atoms with van der Waals surface area (Å²) in [6, 6.07) is 16.5. The highest BCUT2D eigenvalue weighted by molar-refractivity contribution is 5.83. The average Bonchev–Trinajstić information content (AvgIpc) is 3.27. The number of carbonyl (C=O) groups excluding carboxylic acids is 1. The molecule has 0 unspecified atom stereocenters. The molecule has 0 bridgehead atoms. The summed E-state index contributed by atoms with van der Waals surface area (Å²) < 4.78 is 0. The molecule has 0 aliphatic carbocycles. The molecule has 120 valence electrons. The lowest BCUT2D eigenvalue weighted by molar-refractivity contribution is -0.135. The molecule has 1 amide bonds. The second kappa shape index (κ2) is 6.01. The van der Waals surface area contributed by atoms with Crippen molar-refractivity contribution in [1.82, 2.24) is 9.80 Å². The smallest absolute Gasteiger partial charge is 0.246 e. The minimum absolute atomic E-state index is 0.0894. The van der Waals surface area contributed by atoms with Crippen molar-refractivity contribution in [3.8, 4) is 17.3 Å². The van der Waals surface area contributed by atoms with E-state index in [2.05, 4.69) is 36.5 Å². The van der Waals surface area contributed by atoms with Gasteiger partial charge in [0.15, 0.2) is 6.19 Å². The van der Waals surface area contributed by atoms with Crippen molar-refractivity contribution in [1.29, 1.82) is 5.26 Å². The van der Waals surface area contributed by atoms with E-state index >= 15 is 0 Å². The molecule has 2 aliphatic rings. The molecule has 0 spiro atoms. The van der Waals surface area contributed by atoms with Crippen LogP contribution < -0.4 is 0 Å². The topological polar surface area (TPSA) is 47.3 Å². The quantitative estimate of drug-likeness (QED) is 0.800. The molecule has 4 heteroatoms. The molecule has 24 heavy (non-hydrogen) atoms. The zero-order chi connectivity index (χ0) is 16.5. The first-order valence-electron chi connectivity index (χ1n) is 8.38. The minimum atomic E-state index is -0.266. The summed E-state index contributed by atoms with van der Waals surface area (Å²) in [6.45, 7) is 2.00. The third-order valence-corrected chi connectivity index (χ3v) is 5.01. The van der Waals surface area contributed by atoms with Crippen LogP contribution in [0.1, 0.15) is 24.0 Å². The second-order valence-electron chi connectivity index (χ2n) is 6.50. The Morgan fingerprint density at radius 3 is 2.62 bits per heavy atom. The lowest BCUT2D eigenvalue weighted by atomic mass is 10.0. The van der Waals surface area contributed by atoms with E-state index in [0.29, 0.717) is 19.6 Å². The van der Waals surface area contributed by atoms with Crippen LogP contribution in [-0.4, -0.2) is 28.3 Å². The maximum Gasteiger partial charge on any atom is 0.246 e. The molecule has 2 heterocycles. The lowest BCUT2D eigenvalue weighted by Gasteiger charge is -2.23. The first-order chi connectivity index (χ1) is 11.8. The lowest BCUT2D eigenvalue weighted by Crippen LogP contribution is -2.41. The third kappa shape index (κ3) is 2.52. The molecule has 2 aromatic rings. The molecule has 1 atom stereocenters. The molecule has 0 radical (unpaired) electrons. The highest BCUT2D eigenvalue weighted by Gasteiger charge is 2.35. The fourth-order valence-electron chi connectivity index (χ4n) is 3.71. The summed E-state index contributed by atoms with van der Waals surface area (Å²) >= 11 is 0. The number of hydrogen-bond donors (Lipinski definition) is 0. The van der Waals surface area contributed by atoms with Gasteiger partial charge in [-0.3, -0.25) is 9.69 Å². The van der Waals surface area contributed by atoms with Gasteiger partial charge >= 0.3 is 0 Å². The van der Waals surface area contributed by atoms with Crippen LogP contribution in [-0.2, 0) is 17.9 Å². The Morgan fingerprint density at radius 2 is 1.83 bits per heavy atom. The summed E-state index contributed by atoms with van der Waals surface area (Å²) in [4.78, 5) is 16.3. The maximum atomic E-state index is 12.8. The van der Waals surface area contributed by atoms with Gasteiger partial charge < -0.3 is 4.90 Å². The molecule has 1 saturated heterocycles. The molecule has 2 aromatic carbocycles. The van der Waals surface area contributed by atoms with Crippen LogP contribution in [0.25, 0.3) is 11.1 Å². The number of rotatable bonds is 2.